The Morgan fingerprint density at radius 1 is 1.43 bits per heavy atom. The number of halogens is 1. The number of fused-ring (bicyclic) bond motifs is 1. The van der Waals surface area contributed by atoms with Gasteiger partial charge in [-0.15, -0.1) is 4.40 Å². The maximum Gasteiger partial charge on any atom is 0.287 e. The van der Waals surface area contributed by atoms with Gasteiger partial charge in [-0.05, 0) is 18.2 Å². The molecule has 0 spiro atoms. The molecule has 7 heteroatoms. The number of benzene rings is 1. The van der Waals surface area contributed by atoms with E-state index in [0.29, 0.717) is 5.69 Å². The fourth-order valence-corrected chi connectivity index (χ4v) is 2.56. The summed E-state index contributed by atoms with van der Waals surface area (Å²) in [6.45, 7) is 0. The monoisotopic (exact) mass is 275 g/mol. The first-order valence-electron chi connectivity index (χ1n) is 3.66. The number of hydrogen-bond donors (Lipinski definition) is 2. The Labute approximate surface area is 89.2 Å². The molecular formula is C7H6BrN3O2S. The van der Waals surface area contributed by atoms with E-state index in [-0.39, 0.29) is 10.9 Å². The number of nitrogens with two attached hydrogens (primary N) is 1. The molecule has 1 aromatic carbocycles. The predicted molar refractivity (Wildman–Crippen MR) is 56.6 cm³/mol. The number of anilines is 1. The fraction of sp³-hybridized carbons (Fsp3) is 0. The van der Waals surface area contributed by atoms with E-state index in [1.165, 1.54) is 6.07 Å². The molecule has 0 amide bonds. The average Bonchev–Trinajstić information content (AvgIpc) is 2.00. The second-order valence-corrected chi connectivity index (χ2v) is 5.21. The van der Waals surface area contributed by atoms with E-state index in [1.807, 2.05) is 0 Å². The molecular weight excluding hydrogens is 270 g/mol. The van der Waals surface area contributed by atoms with Crippen LogP contribution in [-0.4, -0.2) is 14.4 Å². The Bertz CT molecular complexity index is 524. The van der Waals surface area contributed by atoms with Crippen LogP contribution in [0, 0.1) is 0 Å². The molecule has 0 fully saturated rings. The van der Waals surface area contributed by atoms with Crippen LogP contribution in [0.5, 0.6) is 0 Å². The Morgan fingerprint density at radius 3 is 2.86 bits per heavy atom. The van der Waals surface area contributed by atoms with E-state index < -0.39 is 10.0 Å². The van der Waals surface area contributed by atoms with Crippen molar-refractivity contribution < 1.29 is 8.42 Å². The van der Waals surface area contributed by atoms with Crippen molar-refractivity contribution in [3.63, 3.8) is 0 Å². The number of nitrogens with zero attached hydrogens (tertiary/aromatic N) is 1. The molecule has 74 valence electrons. The van der Waals surface area contributed by atoms with Crippen LogP contribution in [0.2, 0.25) is 0 Å². The third kappa shape index (κ3) is 1.48. The zero-order chi connectivity index (χ0) is 10.3. The topological polar surface area (TPSA) is 84.5 Å². The van der Waals surface area contributed by atoms with Gasteiger partial charge in [-0.1, -0.05) is 15.9 Å². The van der Waals surface area contributed by atoms with Gasteiger partial charge in [0.1, 0.15) is 4.90 Å². The van der Waals surface area contributed by atoms with Gasteiger partial charge in [0, 0.05) is 4.47 Å². The number of rotatable bonds is 0. The molecule has 3 N–H and O–H groups in total. The van der Waals surface area contributed by atoms with Crippen LogP contribution in [0.3, 0.4) is 0 Å². The van der Waals surface area contributed by atoms with Crippen molar-refractivity contribution >= 4 is 37.6 Å². The summed E-state index contributed by atoms with van der Waals surface area (Å²) in [6.07, 6.45) is 0. The molecule has 1 aliphatic heterocycles. The van der Waals surface area contributed by atoms with E-state index in [4.69, 9.17) is 5.73 Å². The van der Waals surface area contributed by atoms with Crippen LogP contribution >= 0.6 is 15.9 Å². The van der Waals surface area contributed by atoms with Crippen molar-refractivity contribution in [1.29, 1.82) is 0 Å². The van der Waals surface area contributed by atoms with Crippen molar-refractivity contribution in [2.45, 2.75) is 4.90 Å². The molecule has 5 nitrogen and oxygen atoms in total. The normalized spacial score (nSPS) is 17.9. The van der Waals surface area contributed by atoms with Gasteiger partial charge in [0.25, 0.3) is 10.0 Å². The first-order valence-corrected chi connectivity index (χ1v) is 5.89. The first-order chi connectivity index (χ1) is 6.49. The van der Waals surface area contributed by atoms with Crippen LogP contribution in [0.4, 0.5) is 5.69 Å². The molecule has 1 aliphatic rings. The van der Waals surface area contributed by atoms with E-state index in [0.717, 1.165) is 4.47 Å². The summed E-state index contributed by atoms with van der Waals surface area (Å²) < 4.78 is 27.0. The van der Waals surface area contributed by atoms with E-state index >= 15 is 0 Å². The van der Waals surface area contributed by atoms with Gasteiger partial charge >= 0.3 is 0 Å². The first kappa shape index (κ1) is 9.47. The van der Waals surface area contributed by atoms with Crippen molar-refractivity contribution in [3.05, 3.63) is 22.7 Å². The summed E-state index contributed by atoms with van der Waals surface area (Å²) in [5, 5.41) is 2.67. The van der Waals surface area contributed by atoms with Crippen molar-refractivity contribution in [1.82, 2.24) is 0 Å². The van der Waals surface area contributed by atoms with Gasteiger partial charge in [-0.25, -0.2) is 0 Å². The molecule has 0 atom stereocenters. The Kier molecular flexibility index (Phi) is 2.00. The van der Waals surface area contributed by atoms with Gasteiger partial charge in [-0.3, -0.25) is 0 Å². The van der Waals surface area contributed by atoms with Crippen molar-refractivity contribution in [3.8, 4) is 0 Å². The lowest BCUT2D eigenvalue weighted by Gasteiger charge is -2.15. The van der Waals surface area contributed by atoms with Crippen LogP contribution < -0.4 is 11.1 Å². The Morgan fingerprint density at radius 2 is 2.14 bits per heavy atom. The molecule has 0 unspecified atom stereocenters. The zero-order valence-electron chi connectivity index (χ0n) is 6.86. The quantitative estimate of drug-likeness (QED) is 0.736. The summed E-state index contributed by atoms with van der Waals surface area (Å²) in [4.78, 5) is 0.134. The fourth-order valence-electron chi connectivity index (χ4n) is 1.16. The molecule has 0 bridgehead atoms. The third-order valence-corrected chi connectivity index (χ3v) is 3.54. The molecule has 0 aromatic heterocycles. The minimum absolute atomic E-state index is 0.115. The highest BCUT2D eigenvalue weighted by atomic mass is 79.9. The summed E-state index contributed by atoms with van der Waals surface area (Å²) in [5.41, 5.74) is 5.76. The van der Waals surface area contributed by atoms with Gasteiger partial charge in [0.05, 0.1) is 5.69 Å². The van der Waals surface area contributed by atoms with Crippen molar-refractivity contribution in [2.24, 2.45) is 10.1 Å². The molecule has 1 aromatic rings. The van der Waals surface area contributed by atoms with Crippen LogP contribution in [0.15, 0.2) is 32.0 Å². The standard InChI is InChI=1S/C7H6BrN3O2S/c8-4-1-2-6-5(3-4)10-7(9)11-14(6,12)13/h1-3H,(H3,9,10,11). The lowest BCUT2D eigenvalue weighted by molar-refractivity contribution is 0.597. The largest absolute Gasteiger partial charge is 0.369 e. The van der Waals surface area contributed by atoms with E-state index in [2.05, 4.69) is 25.6 Å². The number of guanidine groups is 1. The summed E-state index contributed by atoms with van der Waals surface area (Å²) in [7, 11) is -3.63. The highest BCUT2D eigenvalue weighted by molar-refractivity contribution is 9.10. The van der Waals surface area contributed by atoms with E-state index in [9.17, 15) is 8.42 Å². The molecule has 0 aliphatic carbocycles. The predicted octanol–water partition coefficient (Wildman–Crippen LogP) is 0.878. The highest BCUT2D eigenvalue weighted by Crippen LogP contribution is 2.29. The summed E-state index contributed by atoms with van der Waals surface area (Å²) in [5.74, 6) is -0.115. The molecule has 0 radical (unpaired) electrons. The Hall–Kier alpha value is -1.08. The summed E-state index contributed by atoms with van der Waals surface area (Å²) in [6, 6.07) is 4.74. The molecule has 0 saturated heterocycles. The van der Waals surface area contributed by atoms with Crippen LogP contribution in [0.25, 0.3) is 0 Å². The number of nitrogens with one attached hydrogen (secondary N) is 1. The van der Waals surface area contributed by atoms with E-state index in [1.54, 1.807) is 12.1 Å². The lowest BCUT2D eigenvalue weighted by Crippen LogP contribution is -2.28. The van der Waals surface area contributed by atoms with Crippen LogP contribution in [0.1, 0.15) is 0 Å². The second-order valence-electron chi connectivity index (χ2n) is 2.72. The smallest absolute Gasteiger partial charge is 0.287 e. The Balaban J connectivity index is 2.71. The SMILES string of the molecule is NC1=NS(=O)(=O)c2ccc(Br)cc2N1. The molecule has 14 heavy (non-hydrogen) atoms. The van der Waals surface area contributed by atoms with Gasteiger partial charge < -0.3 is 11.1 Å². The number of sulfonamides is 1. The minimum Gasteiger partial charge on any atom is -0.369 e. The summed E-state index contributed by atoms with van der Waals surface area (Å²) >= 11 is 3.23. The maximum absolute atomic E-state index is 11.5. The minimum atomic E-state index is -3.63. The number of hydrogen-bond acceptors (Lipinski definition) is 4. The molecule has 0 saturated carbocycles. The zero-order valence-corrected chi connectivity index (χ0v) is 9.26. The van der Waals surface area contributed by atoms with Gasteiger partial charge in [0.15, 0.2) is 0 Å². The second kappa shape index (κ2) is 2.96. The molecule has 1 heterocycles. The maximum atomic E-state index is 11.5. The highest BCUT2D eigenvalue weighted by Gasteiger charge is 2.23. The van der Waals surface area contributed by atoms with Crippen LogP contribution in [-0.2, 0) is 10.0 Å². The van der Waals surface area contributed by atoms with Gasteiger partial charge in [-0.2, -0.15) is 8.42 Å². The molecule has 2 rings (SSSR count). The lowest BCUT2D eigenvalue weighted by atomic mass is 10.3. The van der Waals surface area contributed by atoms with Crippen molar-refractivity contribution in [2.75, 3.05) is 5.32 Å². The van der Waals surface area contributed by atoms with Gasteiger partial charge in [0.2, 0.25) is 5.96 Å². The third-order valence-electron chi connectivity index (χ3n) is 1.70. The average molecular weight is 276 g/mol.